The number of phenols is 2. The Kier molecular flexibility index (Phi) is 10.3. The Hall–Kier alpha value is -4.48. The van der Waals surface area contributed by atoms with E-state index in [2.05, 4.69) is 57.9 Å². The van der Waals surface area contributed by atoms with Gasteiger partial charge >= 0.3 is 0 Å². The molecule has 48 heavy (non-hydrogen) atoms. The molecule has 2 aromatic heterocycles. The van der Waals surface area contributed by atoms with Crippen LogP contribution in [0.25, 0.3) is 10.9 Å². The molecular formula is C38H42N4O5S. The van der Waals surface area contributed by atoms with Crippen LogP contribution in [-0.2, 0) is 18.4 Å². The van der Waals surface area contributed by atoms with E-state index in [1.807, 2.05) is 30.3 Å². The number of hydrogen-bond acceptors (Lipinski definition) is 8. The summed E-state index contributed by atoms with van der Waals surface area (Å²) in [6, 6.07) is 26.3. The van der Waals surface area contributed by atoms with Crippen molar-refractivity contribution in [1.29, 1.82) is 0 Å². The quantitative estimate of drug-likeness (QED) is 0.101. The predicted molar refractivity (Wildman–Crippen MR) is 190 cm³/mol. The lowest BCUT2D eigenvalue weighted by molar-refractivity contribution is 0.0957. The van der Waals surface area contributed by atoms with E-state index in [4.69, 9.17) is 0 Å². The van der Waals surface area contributed by atoms with E-state index in [1.54, 1.807) is 12.1 Å². The number of benzene rings is 3. The van der Waals surface area contributed by atoms with Crippen molar-refractivity contribution >= 4 is 28.1 Å². The number of likely N-dealkylation sites (tertiary alicyclic amines) is 1. The van der Waals surface area contributed by atoms with Crippen molar-refractivity contribution in [3.8, 4) is 11.5 Å². The van der Waals surface area contributed by atoms with Crippen molar-refractivity contribution in [3.63, 3.8) is 0 Å². The van der Waals surface area contributed by atoms with Gasteiger partial charge in [0, 0.05) is 46.9 Å². The molecule has 5 aromatic rings. The third kappa shape index (κ3) is 7.32. The Morgan fingerprint density at radius 2 is 1.75 bits per heavy atom. The van der Waals surface area contributed by atoms with Crippen LogP contribution >= 0.6 is 11.3 Å². The second kappa shape index (κ2) is 14.7. The van der Waals surface area contributed by atoms with Gasteiger partial charge < -0.3 is 35.8 Å². The minimum absolute atomic E-state index is 0.0507. The van der Waals surface area contributed by atoms with Gasteiger partial charge in [0.2, 0.25) is 5.56 Å². The van der Waals surface area contributed by atoms with E-state index in [9.17, 15) is 24.9 Å². The van der Waals surface area contributed by atoms with E-state index in [1.165, 1.54) is 29.0 Å². The Bertz CT molecular complexity index is 1930. The average Bonchev–Trinajstić information content (AvgIpc) is 3.58. The molecule has 3 heterocycles. The van der Waals surface area contributed by atoms with Gasteiger partial charge in [-0.1, -0.05) is 48.5 Å². The first kappa shape index (κ1) is 33.4. The second-order valence-electron chi connectivity index (χ2n) is 12.7. The molecule has 0 aliphatic carbocycles. The summed E-state index contributed by atoms with van der Waals surface area (Å²) in [6.45, 7) is 3.20. The van der Waals surface area contributed by atoms with Gasteiger partial charge in [-0.05, 0) is 92.8 Å². The minimum Gasteiger partial charge on any atom is -0.508 e. The number of carbonyl (C=O) groups excluding carboxylic acids is 1. The van der Waals surface area contributed by atoms with Crippen molar-refractivity contribution < 1.29 is 20.1 Å². The number of aromatic hydroxyl groups is 2. The van der Waals surface area contributed by atoms with E-state index >= 15 is 0 Å². The molecule has 1 aliphatic heterocycles. The first-order valence-corrected chi connectivity index (χ1v) is 17.2. The molecule has 6 rings (SSSR count). The number of carbonyl (C=O) groups is 1. The SMILES string of the molecule is CN1CCC(c2ccccc2)(c2cc(CCCNC(=O)c3ccc(CNC[C@H](O)c4ccc(O)c5[nH]c(=O)ccc45)s3)ccc2O)CC1. The molecule has 0 spiro atoms. The number of phenolic OH excluding ortho intramolecular Hbond substituents is 2. The Balaban J connectivity index is 1.00. The lowest BCUT2D eigenvalue weighted by atomic mass is 9.67. The molecule has 3 aromatic carbocycles. The first-order chi connectivity index (χ1) is 23.2. The maximum Gasteiger partial charge on any atom is 0.261 e. The molecule has 9 nitrogen and oxygen atoms in total. The molecular weight excluding hydrogens is 625 g/mol. The zero-order valence-corrected chi connectivity index (χ0v) is 27.9. The summed E-state index contributed by atoms with van der Waals surface area (Å²) in [5.41, 5.74) is 3.71. The van der Waals surface area contributed by atoms with Crippen LogP contribution in [0.5, 0.6) is 11.5 Å². The number of aromatic nitrogens is 1. The van der Waals surface area contributed by atoms with Crippen LogP contribution in [0.1, 0.15) is 62.2 Å². The van der Waals surface area contributed by atoms with Crippen molar-refractivity contribution in [2.45, 2.75) is 43.7 Å². The van der Waals surface area contributed by atoms with Crippen LogP contribution in [0.4, 0.5) is 0 Å². The number of aromatic amines is 1. The van der Waals surface area contributed by atoms with E-state index in [0.717, 1.165) is 54.8 Å². The number of rotatable bonds is 12. The average molecular weight is 667 g/mol. The van der Waals surface area contributed by atoms with Crippen LogP contribution in [0.2, 0.25) is 0 Å². The lowest BCUT2D eigenvalue weighted by Gasteiger charge is -2.42. The van der Waals surface area contributed by atoms with Crippen LogP contribution in [0.15, 0.2) is 89.7 Å². The third-order valence-corrected chi connectivity index (χ3v) is 10.5. The highest BCUT2D eigenvalue weighted by molar-refractivity contribution is 7.14. The predicted octanol–water partition coefficient (Wildman–Crippen LogP) is 5.20. The first-order valence-electron chi connectivity index (χ1n) is 16.4. The molecule has 6 N–H and O–H groups in total. The van der Waals surface area contributed by atoms with Gasteiger partial charge in [-0.15, -0.1) is 11.3 Å². The number of amides is 1. The largest absolute Gasteiger partial charge is 0.508 e. The molecule has 1 atom stereocenters. The highest BCUT2D eigenvalue weighted by atomic mass is 32.1. The standard InChI is InChI=1S/C38H42N4O5S/c1-42-20-17-38(18-21-42,26-7-3-2-4-8-26)30-22-25(9-13-31(30)43)6-5-19-40-37(47)34-15-10-27(48-34)23-39-24-33(45)28-11-14-32(44)36-29(28)12-16-35(46)41-36/h2-4,7-16,22,33,39,43-45H,5-6,17-21,23-24H2,1H3,(H,40,47)(H,41,46)/t33-/m0/s1. The molecule has 10 heteroatoms. The van der Waals surface area contributed by atoms with Gasteiger partial charge in [-0.2, -0.15) is 0 Å². The van der Waals surface area contributed by atoms with Gasteiger partial charge in [0.05, 0.1) is 16.5 Å². The summed E-state index contributed by atoms with van der Waals surface area (Å²) in [6.07, 6.45) is 2.58. The number of pyridine rings is 1. The number of fused-ring (bicyclic) bond motifs is 1. The van der Waals surface area contributed by atoms with Crippen molar-refractivity contribution in [2.75, 3.05) is 33.2 Å². The molecule has 0 saturated carbocycles. The van der Waals surface area contributed by atoms with Gasteiger partial charge in [-0.25, -0.2) is 0 Å². The fourth-order valence-corrected chi connectivity index (χ4v) is 7.65. The summed E-state index contributed by atoms with van der Waals surface area (Å²) in [5, 5.41) is 38.8. The monoisotopic (exact) mass is 666 g/mol. The number of nitrogens with zero attached hydrogens (tertiary/aromatic N) is 1. The highest BCUT2D eigenvalue weighted by Gasteiger charge is 2.39. The molecule has 0 unspecified atom stereocenters. The number of nitrogens with one attached hydrogen (secondary N) is 3. The highest BCUT2D eigenvalue weighted by Crippen LogP contribution is 2.45. The van der Waals surface area contributed by atoms with Crippen LogP contribution in [-0.4, -0.2) is 64.3 Å². The molecule has 250 valence electrons. The van der Waals surface area contributed by atoms with Crippen molar-refractivity contribution in [1.82, 2.24) is 20.5 Å². The number of aliphatic hydroxyl groups excluding tert-OH is 1. The molecule has 0 radical (unpaired) electrons. The zero-order chi connectivity index (χ0) is 33.7. The normalized spacial score (nSPS) is 15.4. The summed E-state index contributed by atoms with van der Waals surface area (Å²) in [7, 11) is 2.15. The summed E-state index contributed by atoms with van der Waals surface area (Å²) < 4.78 is 0. The van der Waals surface area contributed by atoms with Crippen LogP contribution in [0.3, 0.4) is 0 Å². The third-order valence-electron chi connectivity index (χ3n) is 9.46. The van der Waals surface area contributed by atoms with Crippen molar-refractivity contribution in [2.24, 2.45) is 0 Å². The number of H-pyrrole nitrogens is 1. The Morgan fingerprint density at radius 3 is 2.54 bits per heavy atom. The van der Waals surface area contributed by atoms with Crippen LogP contribution in [0, 0.1) is 0 Å². The summed E-state index contributed by atoms with van der Waals surface area (Å²) in [5.74, 6) is 0.172. The second-order valence-corrected chi connectivity index (χ2v) is 13.8. The fraction of sp³-hybridized carbons (Fsp3) is 0.316. The van der Waals surface area contributed by atoms with Gasteiger partial charge in [0.15, 0.2) is 0 Å². The maximum absolute atomic E-state index is 12.9. The summed E-state index contributed by atoms with van der Waals surface area (Å²) >= 11 is 1.41. The maximum atomic E-state index is 12.9. The smallest absolute Gasteiger partial charge is 0.261 e. The number of thiophene rings is 1. The minimum atomic E-state index is -0.861. The Labute approximate surface area is 283 Å². The van der Waals surface area contributed by atoms with E-state index in [0.29, 0.717) is 40.2 Å². The topological polar surface area (TPSA) is 138 Å². The molecule has 0 bridgehead atoms. The summed E-state index contributed by atoms with van der Waals surface area (Å²) in [4.78, 5) is 31.1. The molecule has 1 amide bonds. The van der Waals surface area contributed by atoms with Crippen molar-refractivity contribution in [3.05, 3.63) is 127 Å². The van der Waals surface area contributed by atoms with E-state index < -0.39 is 6.10 Å². The number of aryl methyl sites for hydroxylation is 1. The van der Waals surface area contributed by atoms with Crippen LogP contribution < -0.4 is 16.2 Å². The zero-order valence-electron chi connectivity index (χ0n) is 27.0. The molecule has 1 aliphatic rings. The van der Waals surface area contributed by atoms with Gasteiger partial charge in [0.25, 0.3) is 5.91 Å². The number of hydrogen-bond donors (Lipinski definition) is 6. The van der Waals surface area contributed by atoms with Gasteiger partial charge in [-0.3, -0.25) is 9.59 Å². The number of aliphatic hydroxyl groups is 1. The van der Waals surface area contributed by atoms with E-state index in [-0.39, 0.29) is 29.2 Å². The number of piperidine rings is 1. The fourth-order valence-electron chi connectivity index (χ4n) is 6.76. The molecule has 1 saturated heterocycles. The molecule has 1 fully saturated rings. The lowest BCUT2D eigenvalue weighted by Crippen LogP contribution is -2.41. The van der Waals surface area contributed by atoms with Gasteiger partial charge in [0.1, 0.15) is 11.5 Å². The Morgan fingerprint density at radius 1 is 0.979 bits per heavy atom.